The number of nitriles is 1. The van der Waals surface area contributed by atoms with Crippen molar-refractivity contribution in [3.8, 4) is 6.07 Å². The number of pyridine rings is 1. The lowest BCUT2D eigenvalue weighted by Gasteiger charge is -2.04. The number of anilines is 2. The molecule has 16 heavy (non-hydrogen) atoms. The summed E-state index contributed by atoms with van der Waals surface area (Å²) in [5, 5.41) is 11.6. The molecular formula is C12H8FN3. The molecule has 0 atom stereocenters. The lowest BCUT2D eigenvalue weighted by molar-refractivity contribution is 0.585. The Bertz CT molecular complexity index is 529. The maximum atomic E-state index is 12.8. The molecule has 0 amide bonds. The molecule has 0 saturated heterocycles. The van der Waals surface area contributed by atoms with E-state index in [-0.39, 0.29) is 0 Å². The number of rotatable bonds is 2. The van der Waals surface area contributed by atoms with E-state index in [0.29, 0.717) is 11.4 Å². The van der Waals surface area contributed by atoms with Crippen LogP contribution in [0.15, 0.2) is 42.5 Å². The van der Waals surface area contributed by atoms with E-state index in [0.717, 1.165) is 5.69 Å². The minimum atomic E-state index is -0.529. The zero-order valence-corrected chi connectivity index (χ0v) is 8.31. The van der Waals surface area contributed by atoms with Gasteiger partial charge < -0.3 is 5.32 Å². The van der Waals surface area contributed by atoms with Crippen LogP contribution in [-0.4, -0.2) is 4.98 Å². The quantitative estimate of drug-likeness (QED) is 0.780. The molecule has 0 aliphatic rings. The predicted molar refractivity (Wildman–Crippen MR) is 58.6 cm³/mol. The molecule has 3 nitrogen and oxygen atoms in total. The highest BCUT2D eigenvalue weighted by Crippen LogP contribution is 2.14. The van der Waals surface area contributed by atoms with Gasteiger partial charge in [-0.25, -0.2) is 4.98 Å². The first-order chi connectivity index (χ1) is 7.78. The van der Waals surface area contributed by atoms with Gasteiger partial charge in [-0.2, -0.15) is 9.65 Å². The van der Waals surface area contributed by atoms with Crippen molar-refractivity contribution in [2.24, 2.45) is 0 Å². The maximum Gasteiger partial charge on any atom is 0.214 e. The Morgan fingerprint density at radius 1 is 1.12 bits per heavy atom. The third kappa shape index (κ3) is 2.34. The summed E-state index contributed by atoms with van der Waals surface area (Å²) in [6, 6.07) is 13.4. The van der Waals surface area contributed by atoms with Crippen molar-refractivity contribution in [3.63, 3.8) is 0 Å². The van der Waals surface area contributed by atoms with E-state index < -0.39 is 5.95 Å². The van der Waals surface area contributed by atoms with Gasteiger partial charge in [-0.3, -0.25) is 0 Å². The Labute approximate surface area is 92.2 Å². The van der Waals surface area contributed by atoms with Gasteiger partial charge in [0, 0.05) is 5.69 Å². The van der Waals surface area contributed by atoms with Crippen LogP contribution in [0.25, 0.3) is 0 Å². The fourth-order valence-electron chi connectivity index (χ4n) is 1.25. The SMILES string of the molecule is N#Cc1ccc(Nc2cccc(F)n2)cc1. The Balaban J connectivity index is 2.18. The molecule has 1 aromatic heterocycles. The molecule has 0 saturated carbocycles. The first-order valence-corrected chi connectivity index (χ1v) is 4.68. The van der Waals surface area contributed by atoms with Crippen molar-refractivity contribution in [1.82, 2.24) is 4.98 Å². The molecule has 1 aromatic carbocycles. The van der Waals surface area contributed by atoms with Gasteiger partial charge in [-0.1, -0.05) is 6.07 Å². The van der Waals surface area contributed by atoms with Gasteiger partial charge in [-0.15, -0.1) is 0 Å². The second-order valence-electron chi connectivity index (χ2n) is 3.16. The topological polar surface area (TPSA) is 48.7 Å². The van der Waals surface area contributed by atoms with Crippen molar-refractivity contribution in [3.05, 3.63) is 54.0 Å². The Morgan fingerprint density at radius 3 is 2.50 bits per heavy atom. The zero-order chi connectivity index (χ0) is 11.4. The Hall–Kier alpha value is -2.41. The molecule has 2 aromatic rings. The molecule has 0 fully saturated rings. The summed E-state index contributed by atoms with van der Waals surface area (Å²) in [5.41, 5.74) is 1.34. The Kier molecular flexibility index (Phi) is 2.79. The van der Waals surface area contributed by atoms with E-state index in [4.69, 9.17) is 5.26 Å². The standard InChI is InChI=1S/C12H8FN3/c13-11-2-1-3-12(16-11)15-10-6-4-9(8-14)5-7-10/h1-7H,(H,15,16). The average molecular weight is 213 g/mol. The average Bonchev–Trinajstić information content (AvgIpc) is 2.30. The third-order valence-electron chi connectivity index (χ3n) is 2.00. The molecule has 1 N–H and O–H groups in total. The van der Waals surface area contributed by atoms with Crippen molar-refractivity contribution < 1.29 is 4.39 Å². The van der Waals surface area contributed by atoms with Gasteiger partial charge in [0.15, 0.2) is 0 Å². The van der Waals surface area contributed by atoms with Gasteiger partial charge in [-0.05, 0) is 36.4 Å². The maximum absolute atomic E-state index is 12.8. The van der Waals surface area contributed by atoms with E-state index >= 15 is 0 Å². The minimum absolute atomic E-state index is 0.435. The fraction of sp³-hybridized carbons (Fsp3) is 0. The second-order valence-corrected chi connectivity index (χ2v) is 3.16. The van der Waals surface area contributed by atoms with Crippen LogP contribution in [0.3, 0.4) is 0 Å². The monoisotopic (exact) mass is 213 g/mol. The smallest absolute Gasteiger partial charge is 0.214 e. The van der Waals surface area contributed by atoms with Crippen molar-refractivity contribution in [1.29, 1.82) is 5.26 Å². The minimum Gasteiger partial charge on any atom is -0.340 e. The summed E-state index contributed by atoms with van der Waals surface area (Å²) in [5.74, 6) is -0.0941. The molecule has 0 unspecified atom stereocenters. The highest BCUT2D eigenvalue weighted by Gasteiger charge is 1.97. The summed E-state index contributed by atoms with van der Waals surface area (Å²) < 4.78 is 12.8. The van der Waals surface area contributed by atoms with E-state index in [1.807, 2.05) is 6.07 Å². The summed E-state index contributed by atoms with van der Waals surface area (Å²) in [6.45, 7) is 0. The van der Waals surface area contributed by atoms with Crippen LogP contribution in [0.2, 0.25) is 0 Å². The number of nitrogens with zero attached hydrogens (tertiary/aromatic N) is 2. The number of halogens is 1. The van der Waals surface area contributed by atoms with Crippen LogP contribution in [0.5, 0.6) is 0 Å². The number of nitrogens with one attached hydrogen (secondary N) is 1. The number of benzene rings is 1. The van der Waals surface area contributed by atoms with Gasteiger partial charge in [0.25, 0.3) is 0 Å². The summed E-state index contributed by atoms with van der Waals surface area (Å²) in [6.07, 6.45) is 0. The van der Waals surface area contributed by atoms with Gasteiger partial charge in [0.1, 0.15) is 5.82 Å². The van der Waals surface area contributed by atoms with Gasteiger partial charge >= 0.3 is 0 Å². The summed E-state index contributed by atoms with van der Waals surface area (Å²) >= 11 is 0. The molecular weight excluding hydrogens is 205 g/mol. The van der Waals surface area contributed by atoms with Crippen molar-refractivity contribution in [2.45, 2.75) is 0 Å². The normalized spacial score (nSPS) is 9.50. The molecule has 0 aliphatic carbocycles. The van der Waals surface area contributed by atoms with E-state index in [2.05, 4.69) is 10.3 Å². The van der Waals surface area contributed by atoms with Crippen LogP contribution in [0, 0.1) is 17.3 Å². The van der Waals surface area contributed by atoms with Crippen molar-refractivity contribution >= 4 is 11.5 Å². The lowest BCUT2D eigenvalue weighted by atomic mass is 10.2. The summed E-state index contributed by atoms with van der Waals surface area (Å²) in [4.78, 5) is 3.67. The molecule has 0 radical (unpaired) electrons. The number of hydrogen-bond donors (Lipinski definition) is 1. The number of hydrogen-bond acceptors (Lipinski definition) is 3. The molecule has 2 rings (SSSR count). The largest absolute Gasteiger partial charge is 0.340 e. The van der Waals surface area contributed by atoms with Crippen LogP contribution in [0.1, 0.15) is 5.56 Å². The van der Waals surface area contributed by atoms with Crippen LogP contribution in [0.4, 0.5) is 15.9 Å². The molecule has 4 heteroatoms. The van der Waals surface area contributed by atoms with Gasteiger partial charge in [0.05, 0.1) is 11.6 Å². The van der Waals surface area contributed by atoms with E-state index in [1.165, 1.54) is 6.07 Å². The van der Waals surface area contributed by atoms with E-state index in [1.54, 1.807) is 36.4 Å². The molecule has 0 aliphatic heterocycles. The van der Waals surface area contributed by atoms with Crippen LogP contribution < -0.4 is 5.32 Å². The first kappa shape index (κ1) is 10.1. The third-order valence-corrected chi connectivity index (χ3v) is 2.00. The highest BCUT2D eigenvalue weighted by atomic mass is 19.1. The first-order valence-electron chi connectivity index (χ1n) is 4.68. The summed E-state index contributed by atoms with van der Waals surface area (Å²) in [7, 11) is 0. The van der Waals surface area contributed by atoms with E-state index in [9.17, 15) is 4.39 Å². The lowest BCUT2D eigenvalue weighted by Crippen LogP contribution is -1.94. The molecule has 1 heterocycles. The highest BCUT2D eigenvalue weighted by molar-refractivity contribution is 5.56. The van der Waals surface area contributed by atoms with Crippen molar-refractivity contribution in [2.75, 3.05) is 5.32 Å². The molecule has 0 spiro atoms. The second kappa shape index (κ2) is 4.41. The molecule has 0 bridgehead atoms. The predicted octanol–water partition coefficient (Wildman–Crippen LogP) is 2.84. The zero-order valence-electron chi connectivity index (χ0n) is 8.31. The van der Waals surface area contributed by atoms with Gasteiger partial charge in [0.2, 0.25) is 5.95 Å². The van der Waals surface area contributed by atoms with Crippen LogP contribution in [-0.2, 0) is 0 Å². The Morgan fingerprint density at radius 2 is 1.88 bits per heavy atom. The van der Waals surface area contributed by atoms with Crippen LogP contribution >= 0.6 is 0 Å². The number of aromatic nitrogens is 1. The fourth-order valence-corrected chi connectivity index (χ4v) is 1.25. The molecule has 78 valence electrons.